The first-order valence-corrected chi connectivity index (χ1v) is 13.9. The molecule has 0 spiro atoms. The van der Waals surface area contributed by atoms with Crippen molar-refractivity contribution in [2.75, 3.05) is 25.0 Å². The van der Waals surface area contributed by atoms with E-state index in [2.05, 4.69) is 53.7 Å². The predicted octanol–water partition coefficient (Wildman–Crippen LogP) is 6.70. The number of para-hydroxylation sites is 1. The lowest BCUT2D eigenvalue weighted by Crippen LogP contribution is -2.44. The number of piperidine rings is 1. The number of unbranched alkanes of at least 4 members (excludes halogenated alkanes) is 2. The van der Waals surface area contributed by atoms with E-state index in [9.17, 15) is 9.59 Å². The second kappa shape index (κ2) is 12.7. The highest BCUT2D eigenvalue weighted by molar-refractivity contribution is 7.10. The summed E-state index contributed by atoms with van der Waals surface area (Å²) in [5.41, 5.74) is 4.57. The molecule has 1 fully saturated rings. The van der Waals surface area contributed by atoms with Crippen LogP contribution in [-0.2, 0) is 6.42 Å². The lowest BCUT2D eigenvalue weighted by Gasteiger charge is -2.31. The highest BCUT2D eigenvalue weighted by Crippen LogP contribution is 2.32. The van der Waals surface area contributed by atoms with Crippen molar-refractivity contribution < 1.29 is 9.59 Å². The Kier molecular flexibility index (Phi) is 9.11. The fourth-order valence-corrected chi connectivity index (χ4v) is 5.51. The fourth-order valence-electron chi connectivity index (χ4n) is 4.54. The van der Waals surface area contributed by atoms with Crippen LogP contribution in [0.25, 0.3) is 11.1 Å². The maximum atomic E-state index is 13.1. The zero-order valence-electron chi connectivity index (χ0n) is 21.3. The molecule has 3 amide bonds. The smallest absolute Gasteiger partial charge is 0.317 e. The van der Waals surface area contributed by atoms with E-state index in [1.54, 1.807) is 0 Å². The van der Waals surface area contributed by atoms with Crippen molar-refractivity contribution in [3.63, 3.8) is 0 Å². The number of aryl methyl sites for hydroxylation is 1. The molecule has 0 aliphatic carbocycles. The Balaban J connectivity index is 1.34. The average Bonchev–Trinajstić information content (AvgIpc) is 3.42. The van der Waals surface area contributed by atoms with Gasteiger partial charge in [-0.15, -0.1) is 11.3 Å². The Bertz CT molecular complexity index is 1150. The third-order valence-electron chi connectivity index (χ3n) is 6.79. The summed E-state index contributed by atoms with van der Waals surface area (Å²) in [6, 6.07) is 16.4. The zero-order chi connectivity index (χ0) is 25.3. The molecular formula is C29H36N4O2S. The van der Waals surface area contributed by atoms with Gasteiger partial charge in [0.25, 0.3) is 5.91 Å². The molecule has 3 aromatic rings. The van der Waals surface area contributed by atoms with Crippen molar-refractivity contribution in [2.45, 2.75) is 58.3 Å². The van der Waals surface area contributed by atoms with Gasteiger partial charge >= 0.3 is 6.03 Å². The highest BCUT2D eigenvalue weighted by Gasteiger charge is 2.26. The Morgan fingerprint density at radius 2 is 1.78 bits per heavy atom. The van der Waals surface area contributed by atoms with Crippen molar-refractivity contribution >= 4 is 29.0 Å². The van der Waals surface area contributed by atoms with Gasteiger partial charge in [0.15, 0.2) is 0 Å². The summed E-state index contributed by atoms with van der Waals surface area (Å²) < 4.78 is 0. The number of carbonyl (C=O) groups is 2. The Labute approximate surface area is 218 Å². The molecule has 0 bridgehead atoms. The van der Waals surface area contributed by atoms with Crippen LogP contribution in [0.4, 0.5) is 10.5 Å². The SMILES string of the molecule is CCCCCNC(=O)N1CCC(c2nc(C(=O)Nc3ccccc3-c3ccc(CC)cc3)cs2)CC1. The lowest BCUT2D eigenvalue weighted by atomic mass is 9.98. The topological polar surface area (TPSA) is 74.3 Å². The highest BCUT2D eigenvalue weighted by atomic mass is 32.1. The van der Waals surface area contributed by atoms with Gasteiger partial charge in [-0.05, 0) is 42.9 Å². The molecule has 1 saturated heterocycles. The summed E-state index contributed by atoms with van der Waals surface area (Å²) >= 11 is 1.54. The van der Waals surface area contributed by atoms with Crippen LogP contribution in [-0.4, -0.2) is 41.5 Å². The van der Waals surface area contributed by atoms with E-state index < -0.39 is 0 Å². The second-order valence-electron chi connectivity index (χ2n) is 9.32. The summed E-state index contributed by atoms with van der Waals surface area (Å²) in [7, 11) is 0. The van der Waals surface area contributed by atoms with E-state index in [0.717, 1.165) is 80.0 Å². The van der Waals surface area contributed by atoms with Gasteiger partial charge < -0.3 is 15.5 Å². The van der Waals surface area contributed by atoms with E-state index in [-0.39, 0.29) is 17.9 Å². The normalized spacial score (nSPS) is 14.0. The molecule has 1 aromatic heterocycles. The molecule has 6 nitrogen and oxygen atoms in total. The fraction of sp³-hybridized carbons (Fsp3) is 0.414. The molecule has 4 rings (SSSR count). The molecule has 190 valence electrons. The number of aromatic nitrogens is 1. The number of likely N-dealkylation sites (tertiary alicyclic amines) is 1. The van der Waals surface area contributed by atoms with Gasteiger partial charge in [-0.25, -0.2) is 9.78 Å². The Morgan fingerprint density at radius 1 is 1.03 bits per heavy atom. The molecule has 0 atom stereocenters. The number of thiazole rings is 1. The van der Waals surface area contributed by atoms with E-state index in [1.807, 2.05) is 34.5 Å². The van der Waals surface area contributed by atoms with E-state index in [1.165, 1.54) is 16.9 Å². The minimum absolute atomic E-state index is 0.0340. The second-order valence-corrected chi connectivity index (χ2v) is 10.2. The van der Waals surface area contributed by atoms with Crippen molar-refractivity contribution in [3.8, 4) is 11.1 Å². The number of hydrogen-bond acceptors (Lipinski definition) is 4. The summed E-state index contributed by atoms with van der Waals surface area (Å²) in [6.45, 7) is 6.47. The number of amides is 3. The van der Waals surface area contributed by atoms with Crippen LogP contribution >= 0.6 is 11.3 Å². The Hall–Kier alpha value is -3.19. The van der Waals surface area contributed by atoms with Gasteiger partial charge in [-0.3, -0.25) is 4.79 Å². The summed E-state index contributed by atoms with van der Waals surface area (Å²) in [4.78, 5) is 32.0. The zero-order valence-corrected chi connectivity index (χ0v) is 22.1. The average molecular weight is 505 g/mol. The molecule has 2 aromatic carbocycles. The summed E-state index contributed by atoms with van der Waals surface area (Å²) in [5, 5.41) is 8.91. The van der Waals surface area contributed by atoms with Gasteiger partial charge in [0.2, 0.25) is 0 Å². The largest absolute Gasteiger partial charge is 0.338 e. The number of nitrogens with zero attached hydrogens (tertiary/aromatic N) is 2. The molecule has 2 N–H and O–H groups in total. The van der Waals surface area contributed by atoms with Crippen LogP contribution in [0.5, 0.6) is 0 Å². The van der Waals surface area contributed by atoms with Crippen molar-refractivity contribution in [2.24, 2.45) is 0 Å². The maximum absolute atomic E-state index is 13.1. The van der Waals surface area contributed by atoms with Crippen molar-refractivity contribution in [1.82, 2.24) is 15.2 Å². The van der Waals surface area contributed by atoms with Crippen LogP contribution in [0.1, 0.15) is 72.9 Å². The van der Waals surface area contributed by atoms with E-state index in [4.69, 9.17) is 0 Å². The molecule has 0 unspecified atom stereocenters. The first-order chi connectivity index (χ1) is 17.6. The first-order valence-electron chi connectivity index (χ1n) is 13.1. The number of anilines is 1. The van der Waals surface area contributed by atoms with E-state index >= 15 is 0 Å². The van der Waals surface area contributed by atoms with Crippen molar-refractivity contribution in [1.29, 1.82) is 0 Å². The minimum atomic E-state index is -0.195. The van der Waals surface area contributed by atoms with Crippen LogP contribution < -0.4 is 10.6 Å². The molecule has 1 aliphatic rings. The molecule has 0 saturated carbocycles. The van der Waals surface area contributed by atoms with Gasteiger partial charge in [0.05, 0.1) is 5.01 Å². The predicted molar refractivity (Wildman–Crippen MR) is 148 cm³/mol. The number of benzene rings is 2. The van der Waals surface area contributed by atoms with Gasteiger partial charge in [-0.1, -0.05) is 69.2 Å². The quantitative estimate of drug-likeness (QED) is 0.318. The molecule has 36 heavy (non-hydrogen) atoms. The first kappa shape index (κ1) is 25.9. The Morgan fingerprint density at radius 3 is 2.50 bits per heavy atom. The lowest BCUT2D eigenvalue weighted by molar-refractivity contribution is 0.102. The third kappa shape index (κ3) is 6.52. The maximum Gasteiger partial charge on any atom is 0.317 e. The third-order valence-corrected chi connectivity index (χ3v) is 7.80. The van der Waals surface area contributed by atoms with Gasteiger partial charge in [0, 0.05) is 42.2 Å². The number of hydrogen-bond donors (Lipinski definition) is 2. The molecular weight excluding hydrogens is 468 g/mol. The van der Waals surface area contributed by atoms with Gasteiger partial charge in [0.1, 0.15) is 5.69 Å². The number of carbonyl (C=O) groups excluding carboxylic acids is 2. The summed E-state index contributed by atoms with van der Waals surface area (Å²) in [5.74, 6) is 0.0871. The standard InChI is InChI=1S/C29H36N4O2S/c1-3-5-8-17-30-29(35)33-18-15-23(16-19-33)28-32-26(20-36-28)27(34)31-25-10-7-6-9-24(25)22-13-11-21(4-2)12-14-22/h6-7,9-14,20,23H,3-5,8,15-19H2,1-2H3,(H,30,35)(H,31,34). The molecule has 7 heteroatoms. The summed E-state index contributed by atoms with van der Waals surface area (Å²) in [6.07, 6.45) is 6.05. The van der Waals surface area contributed by atoms with Crippen LogP contribution in [0.2, 0.25) is 0 Å². The number of rotatable bonds is 9. The van der Waals surface area contributed by atoms with E-state index in [0.29, 0.717) is 5.69 Å². The number of nitrogens with one attached hydrogen (secondary N) is 2. The molecule has 1 aliphatic heterocycles. The molecule has 2 heterocycles. The monoisotopic (exact) mass is 504 g/mol. The number of urea groups is 1. The van der Waals surface area contributed by atoms with Crippen LogP contribution in [0.3, 0.4) is 0 Å². The van der Waals surface area contributed by atoms with Crippen LogP contribution in [0, 0.1) is 0 Å². The van der Waals surface area contributed by atoms with Crippen LogP contribution in [0.15, 0.2) is 53.9 Å². The molecule has 0 radical (unpaired) electrons. The minimum Gasteiger partial charge on any atom is -0.338 e. The van der Waals surface area contributed by atoms with Gasteiger partial charge in [-0.2, -0.15) is 0 Å². The van der Waals surface area contributed by atoms with Crippen molar-refractivity contribution in [3.05, 3.63) is 70.2 Å².